The van der Waals surface area contributed by atoms with E-state index in [0.717, 1.165) is 17.1 Å². The van der Waals surface area contributed by atoms with Crippen LogP contribution in [0.4, 0.5) is 17.1 Å². The molecule has 0 N–H and O–H groups in total. The van der Waals surface area contributed by atoms with Gasteiger partial charge < -0.3 is 4.90 Å². The number of thiophene rings is 1. The van der Waals surface area contributed by atoms with Crippen LogP contribution < -0.4 is 4.90 Å². The van der Waals surface area contributed by atoms with Crippen LogP contribution in [0.15, 0.2) is 200 Å². The molecule has 0 bridgehead atoms. The van der Waals surface area contributed by atoms with Crippen molar-refractivity contribution in [3.05, 3.63) is 200 Å². The average molecular weight is 704 g/mol. The standard InChI is InChI=1S/C52H33NS/c1-2-17-39-34(13-1)14-12-24-40(39)35-15-11-16-36(31-35)41-18-7-9-25-50(41)53(38-28-30-48-47-23-8-10-26-51(47)54-52(48)33-38)37-27-29-46-44-21-4-3-19-42(44)43-20-5-6-22-45(43)49(46)32-37/h1-33H. The Morgan fingerprint density at radius 1 is 0.296 bits per heavy atom. The van der Waals surface area contributed by atoms with Crippen molar-refractivity contribution in [3.63, 3.8) is 0 Å². The molecule has 10 aromatic carbocycles. The molecular weight excluding hydrogens is 671 g/mol. The highest BCUT2D eigenvalue weighted by Crippen LogP contribution is 2.46. The molecule has 0 aliphatic rings. The molecule has 0 aliphatic carbocycles. The summed E-state index contributed by atoms with van der Waals surface area (Å²) in [5, 5.41) is 12.8. The second kappa shape index (κ2) is 12.4. The number of hydrogen-bond donors (Lipinski definition) is 0. The van der Waals surface area contributed by atoms with Crippen LogP contribution in [0.2, 0.25) is 0 Å². The van der Waals surface area contributed by atoms with Crippen LogP contribution in [0.1, 0.15) is 0 Å². The fourth-order valence-electron chi connectivity index (χ4n) is 8.56. The second-order valence-corrected chi connectivity index (χ2v) is 15.1. The van der Waals surface area contributed by atoms with E-state index in [4.69, 9.17) is 0 Å². The molecule has 2 heteroatoms. The van der Waals surface area contributed by atoms with Crippen molar-refractivity contribution < 1.29 is 0 Å². The molecule has 0 spiro atoms. The van der Waals surface area contributed by atoms with Gasteiger partial charge in [-0.05, 0) is 102 Å². The summed E-state index contributed by atoms with van der Waals surface area (Å²) in [5.41, 5.74) is 8.21. The SMILES string of the molecule is c1cc(-c2ccccc2N(c2ccc3c(c2)sc2ccccc23)c2ccc3c4ccccc4c4ccccc4c3c2)cc(-c2cccc3ccccc23)c1. The third-order valence-electron chi connectivity index (χ3n) is 11.0. The molecule has 1 heterocycles. The zero-order valence-corrected chi connectivity index (χ0v) is 30.2. The quantitative estimate of drug-likeness (QED) is 0.161. The lowest BCUT2D eigenvalue weighted by molar-refractivity contribution is 1.30. The first-order chi connectivity index (χ1) is 26.8. The Labute approximate surface area is 317 Å². The maximum absolute atomic E-state index is 2.47. The summed E-state index contributed by atoms with van der Waals surface area (Å²) in [7, 11) is 0. The molecular formula is C52H33NS. The highest BCUT2D eigenvalue weighted by molar-refractivity contribution is 7.25. The average Bonchev–Trinajstić information content (AvgIpc) is 3.62. The first kappa shape index (κ1) is 30.8. The van der Waals surface area contributed by atoms with Gasteiger partial charge in [-0.15, -0.1) is 11.3 Å². The smallest absolute Gasteiger partial charge is 0.0540 e. The number of anilines is 3. The maximum atomic E-state index is 2.47. The van der Waals surface area contributed by atoms with Crippen LogP contribution in [0.25, 0.3) is 85.5 Å². The molecule has 11 aromatic rings. The van der Waals surface area contributed by atoms with E-state index in [2.05, 4.69) is 205 Å². The van der Waals surface area contributed by atoms with Gasteiger partial charge in [0, 0.05) is 37.1 Å². The topological polar surface area (TPSA) is 3.24 Å². The van der Waals surface area contributed by atoms with E-state index in [9.17, 15) is 0 Å². The van der Waals surface area contributed by atoms with Gasteiger partial charge in [-0.3, -0.25) is 0 Å². The summed E-state index contributed by atoms with van der Waals surface area (Å²) < 4.78 is 2.59. The van der Waals surface area contributed by atoms with E-state index in [1.54, 1.807) is 0 Å². The van der Waals surface area contributed by atoms with Crippen molar-refractivity contribution in [1.29, 1.82) is 0 Å². The van der Waals surface area contributed by atoms with Crippen LogP contribution in [0.5, 0.6) is 0 Å². The van der Waals surface area contributed by atoms with E-state index < -0.39 is 0 Å². The van der Waals surface area contributed by atoms with Gasteiger partial charge >= 0.3 is 0 Å². The van der Waals surface area contributed by atoms with Crippen molar-refractivity contribution in [3.8, 4) is 22.3 Å². The summed E-state index contributed by atoms with van der Waals surface area (Å²) in [5.74, 6) is 0. The molecule has 11 rings (SSSR count). The minimum absolute atomic E-state index is 1.13. The predicted molar refractivity (Wildman–Crippen MR) is 235 cm³/mol. The molecule has 0 aliphatic heterocycles. The molecule has 1 aromatic heterocycles. The van der Waals surface area contributed by atoms with Crippen LogP contribution >= 0.6 is 11.3 Å². The third kappa shape index (κ3) is 4.92. The van der Waals surface area contributed by atoms with Gasteiger partial charge in [-0.25, -0.2) is 0 Å². The number of para-hydroxylation sites is 1. The van der Waals surface area contributed by atoms with Gasteiger partial charge in [-0.2, -0.15) is 0 Å². The first-order valence-corrected chi connectivity index (χ1v) is 19.3. The van der Waals surface area contributed by atoms with E-state index in [0.29, 0.717) is 0 Å². The zero-order chi connectivity index (χ0) is 35.6. The maximum Gasteiger partial charge on any atom is 0.0540 e. The molecule has 252 valence electrons. The van der Waals surface area contributed by atoms with Gasteiger partial charge in [0.15, 0.2) is 0 Å². The lowest BCUT2D eigenvalue weighted by Gasteiger charge is -2.28. The molecule has 0 atom stereocenters. The van der Waals surface area contributed by atoms with Gasteiger partial charge in [-0.1, -0.05) is 158 Å². The summed E-state index contributed by atoms with van der Waals surface area (Å²) in [4.78, 5) is 2.47. The van der Waals surface area contributed by atoms with Crippen LogP contribution in [0.3, 0.4) is 0 Å². The Morgan fingerprint density at radius 2 is 0.796 bits per heavy atom. The minimum atomic E-state index is 1.13. The number of rotatable bonds is 5. The Balaban J connectivity index is 1.16. The summed E-state index contributed by atoms with van der Waals surface area (Å²) in [6.07, 6.45) is 0. The summed E-state index contributed by atoms with van der Waals surface area (Å²) in [6.45, 7) is 0. The Hall–Kier alpha value is -6.74. The molecule has 1 nitrogen and oxygen atoms in total. The highest BCUT2D eigenvalue weighted by Gasteiger charge is 2.20. The molecule has 0 fully saturated rings. The second-order valence-electron chi connectivity index (χ2n) is 14.1. The Morgan fingerprint density at radius 3 is 1.57 bits per heavy atom. The van der Waals surface area contributed by atoms with Crippen molar-refractivity contribution in [1.82, 2.24) is 0 Å². The van der Waals surface area contributed by atoms with Gasteiger partial charge in [0.1, 0.15) is 0 Å². The van der Waals surface area contributed by atoms with Crippen molar-refractivity contribution >= 4 is 91.7 Å². The van der Waals surface area contributed by atoms with E-state index >= 15 is 0 Å². The number of benzene rings is 10. The highest BCUT2D eigenvalue weighted by atomic mass is 32.1. The lowest BCUT2D eigenvalue weighted by Crippen LogP contribution is -2.11. The third-order valence-corrected chi connectivity index (χ3v) is 12.2. The van der Waals surface area contributed by atoms with Crippen LogP contribution in [-0.2, 0) is 0 Å². The number of nitrogens with zero attached hydrogens (tertiary/aromatic N) is 1. The van der Waals surface area contributed by atoms with Gasteiger partial charge in [0.05, 0.1) is 5.69 Å². The fourth-order valence-corrected chi connectivity index (χ4v) is 9.70. The Kier molecular flexibility index (Phi) is 7.11. The lowest BCUT2D eigenvalue weighted by atomic mass is 9.93. The monoisotopic (exact) mass is 703 g/mol. The van der Waals surface area contributed by atoms with Crippen molar-refractivity contribution in [2.24, 2.45) is 0 Å². The van der Waals surface area contributed by atoms with Gasteiger partial charge in [0.2, 0.25) is 0 Å². The first-order valence-electron chi connectivity index (χ1n) is 18.5. The largest absolute Gasteiger partial charge is 0.310 e. The molecule has 0 amide bonds. The molecule has 0 unspecified atom stereocenters. The minimum Gasteiger partial charge on any atom is -0.310 e. The van der Waals surface area contributed by atoms with Crippen molar-refractivity contribution in [2.75, 3.05) is 4.90 Å². The summed E-state index contributed by atoms with van der Waals surface area (Å²) in [6, 6.07) is 73.6. The predicted octanol–water partition coefficient (Wildman–Crippen LogP) is 15.5. The number of fused-ring (bicyclic) bond motifs is 10. The molecule has 0 saturated carbocycles. The van der Waals surface area contributed by atoms with Gasteiger partial charge in [0.25, 0.3) is 0 Å². The van der Waals surface area contributed by atoms with Crippen molar-refractivity contribution in [2.45, 2.75) is 0 Å². The molecule has 0 saturated heterocycles. The van der Waals surface area contributed by atoms with E-state index in [-0.39, 0.29) is 0 Å². The summed E-state index contributed by atoms with van der Waals surface area (Å²) >= 11 is 1.86. The van der Waals surface area contributed by atoms with Crippen LogP contribution in [-0.4, -0.2) is 0 Å². The fraction of sp³-hybridized carbons (Fsp3) is 0. The molecule has 54 heavy (non-hydrogen) atoms. The van der Waals surface area contributed by atoms with E-state index in [1.165, 1.54) is 85.5 Å². The molecule has 0 radical (unpaired) electrons. The number of hydrogen-bond acceptors (Lipinski definition) is 2. The Bertz CT molecular complexity index is 3200. The van der Waals surface area contributed by atoms with E-state index in [1.807, 2.05) is 11.3 Å². The normalized spacial score (nSPS) is 11.7. The van der Waals surface area contributed by atoms with Crippen LogP contribution in [0, 0.1) is 0 Å². The zero-order valence-electron chi connectivity index (χ0n) is 29.4.